The topological polar surface area (TPSA) is 170 Å². The Morgan fingerprint density at radius 3 is 2.10 bits per heavy atom. The van der Waals surface area contributed by atoms with Crippen molar-refractivity contribution in [1.29, 1.82) is 0 Å². The van der Waals surface area contributed by atoms with Crippen LogP contribution in [0.5, 0.6) is 0 Å². The van der Waals surface area contributed by atoms with Gasteiger partial charge in [0.1, 0.15) is 0 Å². The van der Waals surface area contributed by atoms with Gasteiger partial charge in [0.05, 0.1) is 10.6 Å². The summed E-state index contributed by atoms with van der Waals surface area (Å²) >= 11 is 0. The summed E-state index contributed by atoms with van der Waals surface area (Å²) < 4.78 is 50.9. The third-order valence-electron chi connectivity index (χ3n) is 5.08. The van der Waals surface area contributed by atoms with Crippen LogP contribution in [0, 0.1) is 12.8 Å². The van der Waals surface area contributed by atoms with Crippen molar-refractivity contribution in [3.05, 3.63) is 59.7 Å². The number of nitrogens with zero attached hydrogens (tertiary/aromatic N) is 1. The number of anilines is 1. The first-order chi connectivity index (χ1) is 14.2. The fourth-order valence-electron chi connectivity index (χ4n) is 3.47. The Labute approximate surface area is 178 Å². The first kappa shape index (κ1) is 23.8. The third kappa shape index (κ3) is 4.83. The zero-order valence-electron chi connectivity index (χ0n) is 16.3. The van der Waals surface area contributed by atoms with Crippen LogP contribution in [-0.4, -0.2) is 45.7 Å². The number of fused-ring (bicyclic) bond motifs is 1. The fourth-order valence-corrected chi connectivity index (χ4v) is 7.63. The van der Waals surface area contributed by atoms with Crippen molar-refractivity contribution < 1.29 is 41.9 Å². The second kappa shape index (κ2) is 8.26. The molecule has 0 aliphatic carbocycles. The van der Waals surface area contributed by atoms with Gasteiger partial charge in [0.25, 0.3) is 10.0 Å². The number of hydrogen-bond donors (Lipinski definition) is 4. The molecule has 13 heteroatoms. The van der Waals surface area contributed by atoms with E-state index in [9.17, 15) is 41.9 Å². The summed E-state index contributed by atoms with van der Waals surface area (Å²) in [6.07, 6.45) is -0.873. The lowest BCUT2D eigenvalue weighted by Crippen LogP contribution is -2.43. The van der Waals surface area contributed by atoms with Crippen molar-refractivity contribution in [2.75, 3.05) is 10.8 Å². The number of benzene rings is 2. The zero-order chi connectivity index (χ0) is 23.2. The van der Waals surface area contributed by atoms with Crippen molar-refractivity contribution >= 4 is 36.7 Å². The summed E-state index contributed by atoms with van der Waals surface area (Å²) in [7, 11) is -14.7. The van der Waals surface area contributed by atoms with Crippen LogP contribution in [0.4, 0.5) is 5.69 Å². The Bertz CT molecular complexity index is 1180. The van der Waals surface area contributed by atoms with E-state index in [1.54, 1.807) is 19.1 Å². The second-order valence-electron chi connectivity index (χ2n) is 7.32. The zero-order valence-corrected chi connectivity index (χ0v) is 18.9. The number of hydrogen-bond acceptors (Lipinski definition) is 5. The predicted molar refractivity (Wildman–Crippen MR) is 112 cm³/mol. The number of sulfonamides is 1. The third-order valence-corrected chi connectivity index (χ3v) is 10.6. The molecule has 0 saturated heterocycles. The highest BCUT2D eigenvalue weighted by molar-refractivity contribution is 7.92. The van der Waals surface area contributed by atoms with Crippen molar-refractivity contribution in [1.82, 2.24) is 0 Å². The van der Waals surface area contributed by atoms with E-state index in [0.29, 0.717) is 0 Å². The van der Waals surface area contributed by atoms with Gasteiger partial charge in [0.15, 0.2) is 11.2 Å². The SMILES string of the molecule is Cc1ccc(S(=O)(=O)N2CC(CC(P(=O)(O)O)P(=O)(O)O)C(=O)c3ccccc32)cc1. The summed E-state index contributed by atoms with van der Waals surface area (Å²) in [5.41, 5.74) is 0.912. The van der Waals surface area contributed by atoms with Crippen molar-refractivity contribution in [3.8, 4) is 0 Å². The van der Waals surface area contributed by atoms with E-state index in [0.717, 1.165) is 9.87 Å². The molecule has 4 N–H and O–H groups in total. The molecular formula is C18H21NO9P2S. The minimum absolute atomic E-state index is 0.00962. The maximum absolute atomic E-state index is 13.3. The van der Waals surface area contributed by atoms with Crippen LogP contribution in [0.15, 0.2) is 53.4 Å². The van der Waals surface area contributed by atoms with Gasteiger partial charge in [-0.05, 0) is 37.6 Å². The summed E-state index contributed by atoms with van der Waals surface area (Å²) in [6, 6.07) is 11.8. The van der Waals surface area contributed by atoms with Crippen molar-refractivity contribution in [2.24, 2.45) is 5.92 Å². The number of carbonyl (C=O) groups excluding carboxylic acids is 1. The van der Waals surface area contributed by atoms with Crippen LogP contribution in [0.25, 0.3) is 0 Å². The molecule has 2 aromatic carbocycles. The van der Waals surface area contributed by atoms with Crippen LogP contribution in [0.3, 0.4) is 0 Å². The van der Waals surface area contributed by atoms with Crippen LogP contribution >= 0.6 is 15.2 Å². The van der Waals surface area contributed by atoms with E-state index in [1.165, 1.54) is 36.4 Å². The molecule has 1 aliphatic rings. The van der Waals surface area contributed by atoms with E-state index in [1.807, 2.05) is 0 Å². The molecule has 2 aromatic rings. The molecule has 0 radical (unpaired) electrons. The molecule has 0 bridgehead atoms. The standard InChI is InChI=1S/C18H21NO9P2S/c1-12-6-8-14(9-7-12)31(27,28)19-11-13(10-17(29(21,22)23)30(24,25)26)18(20)15-4-2-3-5-16(15)19/h2-9,13,17H,10-11H2,1H3,(H2,21,22,23)(H2,24,25,26). The maximum Gasteiger partial charge on any atom is 0.340 e. The van der Waals surface area contributed by atoms with Gasteiger partial charge in [-0.15, -0.1) is 0 Å². The highest BCUT2D eigenvalue weighted by Crippen LogP contribution is 2.62. The lowest BCUT2D eigenvalue weighted by atomic mass is 9.90. The molecule has 3 rings (SSSR count). The average Bonchev–Trinajstić information content (AvgIpc) is 2.66. The van der Waals surface area contributed by atoms with Crippen LogP contribution in [0.2, 0.25) is 0 Å². The molecule has 0 aromatic heterocycles. The number of carbonyl (C=O) groups is 1. The largest absolute Gasteiger partial charge is 0.340 e. The monoisotopic (exact) mass is 489 g/mol. The summed E-state index contributed by atoms with van der Waals surface area (Å²) in [6.45, 7) is 1.27. The number of aryl methyl sites for hydroxylation is 1. The molecule has 1 aliphatic heterocycles. The second-order valence-corrected chi connectivity index (χ2v) is 13.2. The van der Waals surface area contributed by atoms with E-state index >= 15 is 0 Å². The lowest BCUT2D eigenvalue weighted by molar-refractivity contribution is 0.0913. The van der Waals surface area contributed by atoms with Gasteiger partial charge in [-0.25, -0.2) is 8.42 Å². The Morgan fingerprint density at radius 1 is 1.00 bits per heavy atom. The molecule has 1 atom stereocenters. The molecular weight excluding hydrogens is 468 g/mol. The summed E-state index contributed by atoms with van der Waals surface area (Å²) in [5.74, 6) is -2.00. The minimum atomic E-state index is -5.28. The number of rotatable bonds is 6. The Balaban J connectivity index is 2.09. The van der Waals surface area contributed by atoms with Gasteiger partial charge < -0.3 is 19.6 Å². The van der Waals surface area contributed by atoms with Crippen molar-refractivity contribution in [3.63, 3.8) is 0 Å². The number of para-hydroxylation sites is 1. The molecule has 1 heterocycles. The van der Waals surface area contributed by atoms with E-state index in [2.05, 4.69) is 0 Å². The highest BCUT2D eigenvalue weighted by atomic mass is 32.2. The molecule has 0 fully saturated rings. The lowest BCUT2D eigenvalue weighted by Gasteiger charge is -2.35. The van der Waals surface area contributed by atoms with Gasteiger partial charge in [-0.1, -0.05) is 29.8 Å². The smallest absolute Gasteiger partial charge is 0.324 e. The normalized spacial score (nSPS) is 17.7. The van der Waals surface area contributed by atoms with Gasteiger partial charge in [0.2, 0.25) is 0 Å². The average molecular weight is 489 g/mol. The molecule has 10 nitrogen and oxygen atoms in total. The molecule has 1 unspecified atom stereocenters. The maximum atomic E-state index is 13.3. The van der Waals surface area contributed by atoms with Crippen LogP contribution in [0.1, 0.15) is 22.3 Å². The van der Waals surface area contributed by atoms with Gasteiger partial charge in [-0.2, -0.15) is 0 Å². The first-order valence-corrected chi connectivity index (χ1v) is 13.9. The molecule has 31 heavy (non-hydrogen) atoms. The summed E-state index contributed by atoms with van der Waals surface area (Å²) in [5, 5.41) is -2.41. The number of Topliss-reactive ketones (excluding diaryl/α,β-unsaturated/α-hetero) is 1. The Kier molecular flexibility index (Phi) is 6.34. The molecule has 0 spiro atoms. The molecule has 0 amide bonds. The van der Waals surface area contributed by atoms with Gasteiger partial charge in [0, 0.05) is 18.0 Å². The van der Waals surface area contributed by atoms with Crippen LogP contribution < -0.4 is 4.31 Å². The Morgan fingerprint density at radius 2 is 1.55 bits per heavy atom. The van der Waals surface area contributed by atoms with Gasteiger partial charge >= 0.3 is 15.2 Å². The molecule has 168 valence electrons. The highest BCUT2D eigenvalue weighted by Gasteiger charge is 2.48. The van der Waals surface area contributed by atoms with Crippen molar-refractivity contribution in [2.45, 2.75) is 23.6 Å². The van der Waals surface area contributed by atoms with E-state index in [-0.39, 0.29) is 16.1 Å². The fraction of sp³-hybridized carbons (Fsp3) is 0.278. The minimum Gasteiger partial charge on any atom is -0.324 e. The number of ketones is 1. The van der Waals surface area contributed by atoms with E-state index in [4.69, 9.17) is 0 Å². The summed E-state index contributed by atoms with van der Waals surface area (Å²) in [4.78, 5) is 50.6. The quantitative estimate of drug-likeness (QED) is 0.444. The molecule has 0 saturated carbocycles. The van der Waals surface area contributed by atoms with Gasteiger partial charge in [-0.3, -0.25) is 18.2 Å². The Hall–Kier alpha value is -1.84. The first-order valence-electron chi connectivity index (χ1n) is 9.06. The van der Waals surface area contributed by atoms with E-state index < -0.39 is 55.3 Å². The van der Waals surface area contributed by atoms with Crippen LogP contribution in [-0.2, 0) is 19.2 Å². The predicted octanol–water partition coefficient (Wildman–Crippen LogP) is 2.07.